The van der Waals surface area contributed by atoms with Crippen LogP contribution in [0.25, 0.3) is 0 Å². The lowest BCUT2D eigenvalue weighted by Crippen LogP contribution is -2.39. The summed E-state index contributed by atoms with van der Waals surface area (Å²) in [5.41, 5.74) is 0.868. The summed E-state index contributed by atoms with van der Waals surface area (Å²) >= 11 is 0. The number of para-hydroxylation sites is 1. The minimum atomic E-state index is -0.351. The fraction of sp³-hybridized carbons (Fsp3) is 0.375. The number of allylic oxidation sites excluding steroid dienone is 1. The Kier molecular flexibility index (Phi) is 6.11. The van der Waals surface area contributed by atoms with Crippen molar-refractivity contribution in [2.45, 2.75) is 13.8 Å². The van der Waals surface area contributed by atoms with Crippen molar-refractivity contribution in [2.24, 2.45) is 0 Å². The predicted octanol–water partition coefficient (Wildman–Crippen LogP) is 2.45. The minimum absolute atomic E-state index is 0.0533. The third-order valence-electron chi connectivity index (χ3n) is 3.03. The van der Waals surface area contributed by atoms with E-state index in [1.807, 2.05) is 49.3 Å². The summed E-state index contributed by atoms with van der Waals surface area (Å²) in [5, 5.41) is 17.4. The van der Waals surface area contributed by atoms with E-state index in [0.717, 1.165) is 5.69 Å². The smallest absolute Gasteiger partial charge is 0.263 e. The number of aliphatic hydroxyl groups excluding tert-OH is 1. The zero-order chi connectivity index (χ0) is 16.0. The van der Waals surface area contributed by atoms with Crippen LogP contribution in [0.5, 0.6) is 0 Å². The number of amides is 1. The summed E-state index contributed by atoms with van der Waals surface area (Å²) in [6, 6.07) is 9.29. The number of rotatable bonds is 6. The third kappa shape index (κ3) is 4.72. The molecule has 0 saturated heterocycles. The molecular weight excluding hydrogens is 266 g/mol. The number of hydrogen-bond acceptors (Lipinski definition) is 4. The van der Waals surface area contributed by atoms with Gasteiger partial charge in [0, 0.05) is 24.5 Å². The third-order valence-corrected chi connectivity index (χ3v) is 3.03. The highest BCUT2D eigenvalue weighted by Gasteiger charge is 2.23. The summed E-state index contributed by atoms with van der Waals surface area (Å²) in [6.45, 7) is 4.11. The Morgan fingerprint density at radius 3 is 2.14 bits per heavy atom. The molecule has 0 spiro atoms. The van der Waals surface area contributed by atoms with Gasteiger partial charge in [0.05, 0.1) is 5.57 Å². The second kappa shape index (κ2) is 7.59. The summed E-state index contributed by atoms with van der Waals surface area (Å²) in [7, 11) is 3.87. The fourth-order valence-electron chi connectivity index (χ4n) is 1.98. The van der Waals surface area contributed by atoms with Crippen molar-refractivity contribution in [1.29, 1.82) is 5.41 Å². The van der Waals surface area contributed by atoms with Crippen molar-refractivity contribution in [1.82, 2.24) is 4.90 Å². The first-order valence-corrected chi connectivity index (χ1v) is 6.81. The van der Waals surface area contributed by atoms with Crippen LogP contribution in [0.15, 0.2) is 41.7 Å². The van der Waals surface area contributed by atoms with Crippen LogP contribution in [0.1, 0.15) is 13.8 Å². The maximum atomic E-state index is 12.7. The molecule has 0 heterocycles. The van der Waals surface area contributed by atoms with E-state index >= 15 is 0 Å². The van der Waals surface area contributed by atoms with E-state index in [4.69, 9.17) is 5.41 Å². The Morgan fingerprint density at radius 1 is 1.14 bits per heavy atom. The summed E-state index contributed by atoms with van der Waals surface area (Å²) < 4.78 is 0. The average Bonchev–Trinajstić information content (AvgIpc) is 2.38. The van der Waals surface area contributed by atoms with E-state index in [0.29, 0.717) is 13.1 Å². The van der Waals surface area contributed by atoms with Crippen molar-refractivity contribution < 1.29 is 9.90 Å². The number of carbonyl (C=O) groups excluding carboxylic acids is 1. The number of nitrogens with one attached hydrogen (secondary N) is 1. The first-order chi connectivity index (χ1) is 9.84. The molecule has 1 aromatic carbocycles. The highest BCUT2D eigenvalue weighted by Crippen LogP contribution is 2.18. The Morgan fingerprint density at radius 2 is 1.71 bits per heavy atom. The summed E-state index contributed by atoms with van der Waals surface area (Å²) in [4.78, 5) is 16.3. The van der Waals surface area contributed by atoms with Crippen LogP contribution < -0.4 is 4.90 Å². The molecule has 0 aliphatic rings. The number of carbonyl (C=O) groups is 1. The fourth-order valence-corrected chi connectivity index (χ4v) is 1.98. The number of likely N-dealkylation sites (N-methyl/N-ethyl adjacent to an activating group) is 1. The van der Waals surface area contributed by atoms with Crippen molar-refractivity contribution in [3.05, 3.63) is 41.7 Å². The molecule has 0 saturated carbocycles. The molecular formula is C16H23N3O2. The number of anilines is 1. The van der Waals surface area contributed by atoms with E-state index in [-0.39, 0.29) is 23.0 Å². The van der Waals surface area contributed by atoms with Gasteiger partial charge in [0.25, 0.3) is 5.91 Å². The van der Waals surface area contributed by atoms with Crippen LogP contribution in [-0.2, 0) is 4.79 Å². The van der Waals surface area contributed by atoms with Gasteiger partial charge in [0.2, 0.25) is 0 Å². The van der Waals surface area contributed by atoms with Crippen molar-refractivity contribution in [2.75, 3.05) is 32.1 Å². The van der Waals surface area contributed by atoms with Crippen molar-refractivity contribution >= 4 is 17.3 Å². The highest BCUT2D eigenvalue weighted by molar-refractivity contribution is 6.24. The minimum Gasteiger partial charge on any atom is -0.512 e. The lowest BCUT2D eigenvalue weighted by Gasteiger charge is -2.25. The number of nitrogens with zero attached hydrogens (tertiary/aromatic N) is 2. The molecule has 0 radical (unpaired) electrons. The van der Waals surface area contributed by atoms with Gasteiger partial charge >= 0.3 is 0 Å². The second-order valence-corrected chi connectivity index (χ2v) is 5.18. The highest BCUT2D eigenvalue weighted by atomic mass is 16.3. The Balaban J connectivity index is 3.15. The Bertz CT molecular complexity index is 532. The van der Waals surface area contributed by atoms with Gasteiger partial charge in [-0.3, -0.25) is 4.79 Å². The molecule has 0 atom stereocenters. The topological polar surface area (TPSA) is 67.6 Å². The van der Waals surface area contributed by atoms with Crippen molar-refractivity contribution in [3.8, 4) is 0 Å². The molecule has 5 heteroatoms. The van der Waals surface area contributed by atoms with E-state index in [1.165, 1.54) is 13.8 Å². The second-order valence-electron chi connectivity index (χ2n) is 5.18. The van der Waals surface area contributed by atoms with Gasteiger partial charge < -0.3 is 20.3 Å². The lowest BCUT2D eigenvalue weighted by atomic mass is 10.1. The van der Waals surface area contributed by atoms with E-state index in [1.54, 1.807) is 4.90 Å². The van der Waals surface area contributed by atoms with Crippen LogP contribution in [0.4, 0.5) is 5.69 Å². The Labute approximate surface area is 126 Å². The number of aliphatic hydroxyl groups is 1. The normalized spacial score (nSPS) is 12.0. The molecule has 0 aromatic heterocycles. The van der Waals surface area contributed by atoms with E-state index in [9.17, 15) is 9.90 Å². The van der Waals surface area contributed by atoms with Crippen LogP contribution in [0, 0.1) is 5.41 Å². The molecule has 0 aliphatic heterocycles. The van der Waals surface area contributed by atoms with Crippen LogP contribution in [0.2, 0.25) is 0 Å². The molecule has 1 aromatic rings. The van der Waals surface area contributed by atoms with Gasteiger partial charge in [-0.1, -0.05) is 18.2 Å². The van der Waals surface area contributed by atoms with Crippen LogP contribution >= 0.6 is 0 Å². The Hall–Kier alpha value is -2.14. The quantitative estimate of drug-likeness (QED) is 0.480. The largest absolute Gasteiger partial charge is 0.512 e. The molecule has 0 fully saturated rings. The molecule has 1 amide bonds. The maximum Gasteiger partial charge on any atom is 0.263 e. The molecule has 1 rings (SSSR count). The van der Waals surface area contributed by atoms with Gasteiger partial charge in [-0.15, -0.1) is 0 Å². The summed E-state index contributed by atoms with van der Waals surface area (Å²) in [6.07, 6.45) is 0. The standard InChI is InChI=1S/C16H23N3O2/c1-12(17)15(13(2)20)16(21)19(11-10-18(3)4)14-8-6-5-7-9-14/h5-9,17,20H,10-11H2,1-4H3. The molecule has 0 aliphatic carbocycles. The first-order valence-electron chi connectivity index (χ1n) is 6.81. The molecule has 21 heavy (non-hydrogen) atoms. The molecule has 2 N–H and O–H groups in total. The molecule has 114 valence electrons. The van der Waals surface area contributed by atoms with E-state index in [2.05, 4.69) is 0 Å². The van der Waals surface area contributed by atoms with Gasteiger partial charge in [-0.2, -0.15) is 0 Å². The SMILES string of the molecule is CC(=N)C(C(=O)N(CCN(C)C)c1ccccc1)=C(C)O. The zero-order valence-electron chi connectivity index (χ0n) is 13.1. The number of hydrogen-bond donors (Lipinski definition) is 2. The molecule has 0 unspecified atom stereocenters. The number of benzene rings is 1. The van der Waals surface area contributed by atoms with Gasteiger partial charge in [0.15, 0.2) is 0 Å². The van der Waals surface area contributed by atoms with E-state index < -0.39 is 0 Å². The predicted molar refractivity (Wildman–Crippen MR) is 86.1 cm³/mol. The lowest BCUT2D eigenvalue weighted by molar-refractivity contribution is -0.114. The maximum absolute atomic E-state index is 12.7. The molecule has 5 nitrogen and oxygen atoms in total. The monoisotopic (exact) mass is 289 g/mol. The average molecular weight is 289 g/mol. The first kappa shape index (κ1) is 16.9. The van der Waals surface area contributed by atoms with Gasteiger partial charge in [-0.25, -0.2) is 0 Å². The molecule has 0 bridgehead atoms. The van der Waals surface area contributed by atoms with Crippen LogP contribution in [0.3, 0.4) is 0 Å². The zero-order valence-corrected chi connectivity index (χ0v) is 13.1. The summed E-state index contributed by atoms with van der Waals surface area (Å²) in [5.74, 6) is -0.478. The van der Waals surface area contributed by atoms with Gasteiger partial charge in [-0.05, 0) is 40.1 Å². The van der Waals surface area contributed by atoms with Crippen LogP contribution in [-0.4, -0.2) is 48.8 Å². The van der Waals surface area contributed by atoms with Crippen molar-refractivity contribution in [3.63, 3.8) is 0 Å². The van der Waals surface area contributed by atoms with Gasteiger partial charge in [0.1, 0.15) is 5.76 Å².